The highest BCUT2D eigenvalue weighted by molar-refractivity contribution is 5.88. The van der Waals surface area contributed by atoms with Gasteiger partial charge in [-0.25, -0.2) is 4.79 Å². The first-order valence-corrected chi connectivity index (χ1v) is 5.66. The number of nitrogens with zero attached hydrogens (tertiary/aromatic N) is 1. The minimum Gasteiger partial charge on any atom is -0.458 e. The van der Waals surface area contributed by atoms with Crippen LogP contribution in [0.1, 0.15) is 30.6 Å². The lowest BCUT2D eigenvalue weighted by atomic mass is 10.2. The van der Waals surface area contributed by atoms with Gasteiger partial charge in [-0.3, -0.25) is 4.98 Å². The third-order valence-corrected chi connectivity index (χ3v) is 2.32. The van der Waals surface area contributed by atoms with Crippen molar-refractivity contribution in [3.8, 4) is 0 Å². The van der Waals surface area contributed by atoms with Crippen LogP contribution in [0.15, 0.2) is 48.3 Å². The Hall–Kier alpha value is -1.90. The molecule has 0 spiro atoms. The van der Waals surface area contributed by atoms with Gasteiger partial charge >= 0.3 is 5.97 Å². The van der Waals surface area contributed by atoms with Gasteiger partial charge in [0.2, 0.25) is 0 Å². The summed E-state index contributed by atoms with van der Waals surface area (Å²) in [6.07, 6.45) is 9.94. The largest absolute Gasteiger partial charge is 0.458 e. The lowest BCUT2D eigenvalue weighted by Gasteiger charge is -2.01. The second kappa shape index (κ2) is 7.39. The van der Waals surface area contributed by atoms with Crippen LogP contribution in [0.3, 0.4) is 0 Å². The Labute approximate surface area is 102 Å². The molecule has 1 rings (SSSR count). The standard InChI is InChI=1S/C14H17NO2/c1-3-12(4-2)7-6-10-17-14(16)13-8-5-9-15-11-13/h3,5-9,11H,4,10H2,1-2H3/b7-6+,12-3+. The van der Waals surface area contributed by atoms with Gasteiger partial charge in [0.1, 0.15) is 6.61 Å². The van der Waals surface area contributed by atoms with E-state index in [0.29, 0.717) is 5.56 Å². The Morgan fingerprint density at radius 2 is 2.35 bits per heavy atom. The molecule has 3 nitrogen and oxygen atoms in total. The third kappa shape index (κ3) is 4.64. The average molecular weight is 231 g/mol. The minimum atomic E-state index is -0.346. The van der Waals surface area contributed by atoms with Crippen molar-refractivity contribution in [2.75, 3.05) is 6.61 Å². The maximum atomic E-state index is 11.5. The van der Waals surface area contributed by atoms with Crippen molar-refractivity contribution in [3.05, 3.63) is 53.9 Å². The minimum absolute atomic E-state index is 0.283. The maximum absolute atomic E-state index is 11.5. The number of hydrogen-bond donors (Lipinski definition) is 0. The molecule has 1 aromatic rings. The van der Waals surface area contributed by atoms with Gasteiger partial charge in [-0.05, 0) is 31.6 Å². The van der Waals surface area contributed by atoms with Gasteiger partial charge in [-0.2, -0.15) is 0 Å². The van der Waals surface area contributed by atoms with Crippen LogP contribution in [0.5, 0.6) is 0 Å². The molecular weight excluding hydrogens is 214 g/mol. The Morgan fingerprint density at radius 1 is 1.53 bits per heavy atom. The first-order valence-electron chi connectivity index (χ1n) is 5.66. The number of hydrogen-bond acceptors (Lipinski definition) is 3. The molecule has 0 fully saturated rings. The first kappa shape index (κ1) is 13.2. The Bertz CT molecular complexity index is 407. The van der Waals surface area contributed by atoms with Crippen LogP contribution in [-0.2, 0) is 4.74 Å². The van der Waals surface area contributed by atoms with Gasteiger partial charge in [0.05, 0.1) is 5.56 Å². The molecule has 0 radical (unpaired) electrons. The molecule has 1 aromatic heterocycles. The van der Waals surface area contributed by atoms with E-state index in [-0.39, 0.29) is 12.6 Å². The fourth-order valence-electron chi connectivity index (χ4n) is 1.31. The predicted octanol–water partition coefficient (Wildman–Crippen LogP) is 3.15. The topological polar surface area (TPSA) is 39.2 Å². The Kier molecular flexibility index (Phi) is 5.72. The number of carbonyl (C=O) groups is 1. The van der Waals surface area contributed by atoms with Crippen molar-refractivity contribution in [3.63, 3.8) is 0 Å². The predicted molar refractivity (Wildman–Crippen MR) is 67.7 cm³/mol. The molecule has 0 aliphatic heterocycles. The summed E-state index contributed by atoms with van der Waals surface area (Å²) < 4.78 is 5.07. The van der Waals surface area contributed by atoms with Crippen molar-refractivity contribution in [2.24, 2.45) is 0 Å². The number of pyridine rings is 1. The quantitative estimate of drug-likeness (QED) is 0.577. The lowest BCUT2D eigenvalue weighted by molar-refractivity contribution is 0.0549. The number of rotatable bonds is 5. The van der Waals surface area contributed by atoms with E-state index in [4.69, 9.17) is 4.74 Å². The highest BCUT2D eigenvalue weighted by Crippen LogP contribution is 2.02. The van der Waals surface area contributed by atoms with E-state index in [0.717, 1.165) is 6.42 Å². The molecule has 17 heavy (non-hydrogen) atoms. The summed E-state index contributed by atoms with van der Waals surface area (Å²) in [6, 6.07) is 3.39. The zero-order valence-corrected chi connectivity index (χ0v) is 10.2. The summed E-state index contributed by atoms with van der Waals surface area (Å²) in [7, 11) is 0. The Morgan fingerprint density at radius 3 is 2.94 bits per heavy atom. The van der Waals surface area contributed by atoms with E-state index in [2.05, 4.69) is 11.9 Å². The molecule has 0 amide bonds. The molecule has 1 heterocycles. The third-order valence-electron chi connectivity index (χ3n) is 2.32. The molecule has 3 heteroatoms. The molecule has 0 aliphatic rings. The second-order valence-electron chi connectivity index (χ2n) is 3.46. The highest BCUT2D eigenvalue weighted by atomic mass is 16.5. The monoisotopic (exact) mass is 231 g/mol. The van der Waals surface area contributed by atoms with E-state index < -0.39 is 0 Å². The van der Waals surface area contributed by atoms with Gasteiger partial charge < -0.3 is 4.74 Å². The SMILES string of the molecule is C/C=C(/C=C/COC(=O)c1cccnc1)CC. The van der Waals surface area contributed by atoms with E-state index in [1.807, 2.05) is 25.2 Å². The molecule has 0 atom stereocenters. The van der Waals surface area contributed by atoms with Crippen LogP contribution in [0.25, 0.3) is 0 Å². The van der Waals surface area contributed by atoms with E-state index in [1.165, 1.54) is 11.8 Å². The summed E-state index contributed by atoms with van der Waals surface area (Å²) in [5.41, 5.74) is 1.70. The highest BCUT2D eigenvalue weighted by Gasteiger charge is 2.04. The number of esters is 1. The molecule has 0 aromatic carbocycles. The second-order valence-corrected chi connectivity index (χ2v) is 3.46. The van der Waals surface area contributed by atoms with Crippen LogP contribution in [0, 0.1) is 0 Å². The summed E-state index contributed by atoms with van der Waals surface area (Å²) >= 11 is 0. The summed E-state index contributed by atoms with van der Waals surface area (Å²) in [5, 5.41) is 0. The van der Waals surface area contributed by atoms with Gasteiger partial charge in [0.25, 0.3) is 0 Å². The zero-order valence-electron chi connectivity index (χ0n) is 10.2. The van der Waals surface area contributed by atoms with Crippen LogP contribution in [0.4, 0.5) is 0 Å². The summed E-state index contributed by atoms with van der Waals surface area (Å²) in [6.45, 7) is 4.36. The molecular formula is C14H17NO2. The van der Waals surface area contributed by atoms with E-state index >= 15 is 0 Å². The van der Waals surface area contributed by atoms with Crippen molar-refractivity contribution >= 4 is 5.97 Å². The van der Waals surface area contributed by atoms with Crippen LogP contribution < -0.4 is 0 Å². The maximum Gasteiger partial charge on any atom is 0.340 e. The van der Waals surface area contributed by atoms with Gasteiger partial charge in [-0.1, -0.05) is 24.6 Å². The normalized spacial score (nSPS) is 11.8. The van der Waals surface area contributed by atoms with E-state index in [1.54, 1.807) is 18.3 Å². The molecule has 0 unspecified atom stereocenters. The van der Waals surface area contributed by atoms with Crippen molar-refractivity contribution in [2.45, 2.75) is 20.3 Å². The fourth-order valence-corrected chi connectivity index (χ4v) is 1.31. The van der Waals surface area contributed by atoms with Crippen LogP contribution in [0.2, 0.25) is 0 Å². The molecule has 0 saturated carbocycles. The van der Waals surface area contributed by atoms with E-state index in [9.17, 15) is 4.79 Å². The van der Waals surface area contributed by atoms with Crippen molar-refractivity contribution in [1.29, 1.82) is 0 Å². The fraction of sp³-hybridized carbons (Fsp3) is 0.286. The van der Waals surface area contributed by atoms with Crippen molar-refractivity contribution < 1.29 is 9.53 Å². The van der Waals surface area contributed by atoms with Crippen LogP contribution >= 0.6 is 0 Å². The molecule has 0 saturated heterocycles. The molecule has 0 bridgehead atoms. The number of aromatic nitrogens is 1. The number of allylic oxidation sites excluding steroid dienone is 3. The van der Waals surface area contributed by atoms with Crippen molar-refractivity contribution in [1.82, 2.24) is 4.98 Å². The summed E-state index contributed by atoms with van der Waals surface area (Å²) in [5.74, 6) is -0.346. The molecule has 0 N–H and O–H groups in total. The number of carbonyl (C=O) groups excluding carboxylic acids is 1. The summed E-state index contributed by atoms with van der Waals surface area (Å²) in [4.78, 5) is 15.4. The smallest absolute Gasteiger partial charge is 0.340 e. The first-order chi connectivity index (χ1) is 8.27. The molecule has 90 valence electrons. The van der Waals surface area contributed by atoms with Gasteiger partial charge in [-0.15, -0.1) is 0 Å². The zero-order chi connectivity index (χ0) is 12.5. The molecule has 0 aliphatic carbocycles. The average Bonchev–Trinajstić information content (AvgIpc) is 2.40. The number of ether oxygens (including phenoxy) is 1. The Balaban J connectivity index is 2.40. The van der Waals surface area contributed by atoms with Gasteiger partial charge in [0.15, 0.2) is 0 Å². The lowest BCUT2D eigenvalue weighted by Crippen LogP contribution is -2.05. The van der Waals surface area contributed by atoms with Crippen LogP contribution in [-0.4, -0.2) is 17.6 Å². The van der Waals surface area contributed by atoms with Gasteiger partial charge in [0, 0.05) is 12.4 Å².